The molecule has 0 spiro atoms. The molecule has 0 atom stereocenters. The normalized spacial score (nSPS) is 11.8. The van der Waals surface area contributed by atoms with Gasteiger partial charge in [0.1, 0.15) is 17.1 Å². The molecule has 0 aliphatic heterocycles. The van der Waals surface area contributed by atoms with Crippen molar-refractivity contribution in [2.24, 2.45) is 0 Å². The van der Waals surface area contributed by atoms with E-state index in [1.165, 1.54) is 32.4 Å². The van der Waals surface area contributed by atoms with E-state index in [2.05, 4.69) is 24.7 Å². The summed E-state index contributed by atoms with van der Waals surface area (Å²) in [5.74, 6) is 0.492. The number of nitrogens with one attached hydrogen (secondary N) is 4. The molecule has 0 amide bonds. The molecule has 4 N–H and O–H groups in total. The zero-order chi connectivity index (χ0) is 17.5. The van der Waals surface area contributed by atoms with E-state index in [4.69, 9.17) is 4.74 Å². The van der Waals surface area contributed by atoms with Gasteiger partial charge >= 0.3 is 5.69 Å². The molecule has 2 heterocycles. The van der Waals surface area contributed by atoms with E-state index in [0.29, 0.717) is 5.56 Å². The highest BCUT2D eigenvalue weighted by Crippen LogP contribution is 2.30. The Kier molecular flexibility index (Phi) is 3.73. The van der Waals surface area contributed by atoms with Crippen molar-refractivity contribution in [2.45, 2.75) is 4.90 Å². The van der Waals surface area contributed by atoms with Gasteiger partial charge in [-0.05, 0) is 19.2 Å². The molecule has 10 nitrogen and oxygen atoms in total. The quantitative estimate of drug-likeness (QED) is 0.499. The van der Waals surface area contributed by atoms with Crippen molar-refractivity contribution < 1.29 is 13.2 Å². The van der Waals surface area contributed by atoms with Gasteiger partial charge in [-0.3, -0.25) is 14.8 Å². The van der Waals surface area contributed by atoms with Crippen LogP contribution in [-0.2, 0) is 10.0 Å². The summed E-state index contributed by atoms with van der Waals surface area (Å²) in [4.78, 5) is 34.5. The summed E-state index contributed by atoms with van der Waals surface area (Å²) in [6.07, 6.45) is 0. The Balaban J connectivity index is 2.21. The van der Waals surface area contributed by atoms with Crippen LogP contribution in [0.3, 0.4) is 0 Å². The van der Waals surface area contributed by atoms with Gasteiger partial charge < -0.3 is 9.72 Å². The van der Waals surface area contributed by atoms with E-state index < -0.39 is 21.3 Å². The van der Waals surface area contributed by atoms with Crippen LogP contribution >= 0.6 is 0 Å². The lowest BCUT2D eigenvalue weighted by atomic mass is 10.2. The minimum atomic E-state index is -3.63. The Hall–Kier alpha value is -2.92. The molecule has 3 aromatic rings. The van der Waals surface area contributed by atoms with E-state index in [-0.39, 0.29) is 27.6 Å². The maximum atomic E-state index is 11.9. The number of sulfonamides is 1. The van der Waals surface area contributed by atoms with Crippen molar-refractivity contribution in [1.29, 1.82) is 0 Å². The fourth-order valence-corrected chi connectivity index (χ4v) is 2.96. The Bertz CT molecular complexity index is 1140. The van der Waals surface area contributed by atoms with E-state index >= 15 is 0 Å². The number of hydrogen-bond acceptors (Lipinski definition) is 6. The van der Waals surface area contributed by atoms with Gasteiger partial charge in [0.05, 0.1) is 17.6 Å². The molecule has 0 fully saturated rings. The second-order valence-electron chi connectivity index (χ2n) is 4.79. The van der Waals surface area contributed by atoms with Gasteiger partial charge in [0.25, 0.3) is 5.56 Å². The molecule has 0 aliphatic rings. The first kappa shape index (κ1) is 16.0. The standard InChI is InChI=1S/C13H13N5O5S/c1-14-24(21,22)6-3-4-7(8(5-6)23-2)10-15-9-11(16-10)17-13(20)18-12(9)19/h3-5,14H,1-2H3,(H3,15,16,17,18,19,20). The lowest BCUT2D eigenvalue weighted by molar-refractivity contribution is 0.415. The number of H-pyrrole nitrogens is 3. The molecule has 11 heteroatoms. The predicted molar refractivity (Wildman–Crippen MR) is 85.6 cm³/mol. The Morgan fingerprint density at radius 1 is 1.17 bits per heavy atom. The largest absolute Gasteiger partial charge is 0.496 e. The Labute approximate surface area is 135 Å². The third kappa shape index (κ3) is 2.59. The second-order valence-corrected chi connectivity index (χ2v) is 6.67. The summed E-state index contributed by atoms with van der Waals surface area (Å²) < 4.78 is 31.2. The van der Waals surface area contributed by atoms with Gasteiger partial charge in [-0.25, -0.2) is 22.9 Å². The zero-order valence-corrected chi connectivity index (χ0v) is 13.4. The van der Waals surface area contributed by atoms with Crippen molar-refractivity contribution in [3.63, 3.8) is 0 Å². The topological polar surface area (TPSA) is 150 Å². The lowest BCUT2D eigenvalue weighted by Crippen LogP contribution is -2.21. The average molecular weight is 351 g/mol. The number of imidazole rings is 1. The molecule has 2 aromatic heterocycles. The molecule has 3 rings (SSSR count). The van der Waals surface area contributed by atoms with Gasteiger partial charge in [0.2, 0.25) is 10.0 Å². The van der Waals surface area contributed by atoms with Gasteiger partial charge in [-0.15, -0.1) is 0 Å². The number of fused-ring (bicyclic) bond motifs is 1. The zero-order valence-electron chi connectivity index (χ0n) is 12.6. The molecule has 0 aliphatic carbocycles. The van der Waals surface area contributed by atoms with Crippen LogP contribution in [0.1, 0.15) is 0 Å². The highest BCUT2D eigenvalue weighted by Gasteiger charge is 2.18. The van der Waals surface area contributed by atoms with Crippen LogP contribution in [0.2, 0.25) is 0 Å². The van der Waals surface area contributed by atoms with Crippen molar-refractivity contribution >= 4 is 21.2 Å². The summed E-state index contributed by atoms with van der Waals surface area (Å²) in [7, 11) is -0.946. The van der Waals surface area contributed by atoms with Crippen molar-refractivity contribution in [2.75, 3.05) is 14.2 Å². The number of rotatable bonds is 4. The number of hydrogen-bond donors (Lipinski definition) is 4. The number of aromatic amines is 3. The van der Waals surface area contributed by atoms with Crippen LogP contribution in [0.4, 0.5) is 0 Å². The maximum absolute atomic E-state index is 11.9. The lowest BCUT2D eigenvalue weighted by Gasteiger charge is -2.09. The van der Waals surface area contributed by atoms with Gasteiger partial charge in [0, 0.05) is 6.07 Å². The van der Waals surface area contributed by atoms with E-state index in [1.807, 2.05) is 0 Å². The summed E-state index contributed by atoms with van der Waals surface area (Å²) in [6, 6.07) is 4.21. The fourth-order valence-electron chi connectivity index (χ4n) is 2.21. The van der Waals surface area contributed by atoms with Crippen LogP contribution in [0, 0.1) is 0 Å². The fraction of sp³-hybridized carbons (Fsp3) is 0.154. The third-order valence-electron chi connectivity index (χ3n) is 3.40. The van der Waals surface area contributed by atoms with E-state index in [0.717, 1.165) is 0 Å². The number of nitrogens with zero attached hydrogens (tertiary/aromatic N) is 1. The summed E-state index contributed by atoms with van der Waals surface area (Å²) in [6.45, 7) is 0. The SMILES string of the molecule is CNS(=O)(=O)c1ccc(-c2nc3[nH]c(=O)[nH]c(=O)c3[nH]2)c(OC)c1. The van der Waals surface area contributed by atoms with Crippen LogP contribution in [0.5, 0.6) is 5.75 Å². The molecular formula is C13H13N5O5S. The van der Waals surface area contributed by atoms with Crippen LogP contribution < -0.4 is 20.7 Å². The first-order chi connectivity index (χ1) is 11.4. The molecule has 126 valence electrons. The Morgan fingerprint density at radius 3 is 2.58 bits per heavy atom. The molecule has 0 saturated heterocycles. The molecule has 24 heavy (non-hydrogen) atoms. The minimum absolute atomic E-state index is 0.0213. The van der Waals surface area contributed by atoms with Crippen molar-refractivity contribution in [1.82, 2.24) is 24.7 Å². The number of methoxy groups -OCH3 is 1. The first-order valence-corrected chi connectivity index (χ1v) is 8.18. The molecule has 0 unspecified atom stereocenters. The van der Waals surface area contributed by atoms with Crippen molar-refractivity contribution in [3.8, 4) is 17.1 Å². The Morgan fingerprint density at radius 2 is 1.92 bits per heavy atom. The van der Waals surface area contributed by atoms with Crippen LogP contribution in [0.15, 0.2) is 32.7 Å². The summed E-state index contributed by atoms with van der Waals surface area (Å²) >= 11 is 0. The molecule has 0 saturated carbocycles. The van der Waals surface area contributed by atoms with Gasteiger partial charge in [-0.1, -0.05) is 0 Å². The average Bonchev–Trinajstić information content (AvgIpc) is 2.98. The molecular weight excluding hydrogens is 338 g/mol. The molecule has 0 radical (unpaired) electrons. The van der Waals surface area contributed by atoms with E-state index in [9.17, 15) is 18.0 Å². The number of ether oxygens (including phenoxy) is 1. The monoisotopic (exact) mass is 351 g/mol. The summed E-state index contributed by atoms with van der Waals surface area (Å²) in [5, 5.41) is 0. The molecule has 1 aromatic carbocycles. The predicted octanol–water partition coefficient (Wildman–Crippen LogP) is -0.477. The maximum Gasteiger partial charge on any atom is 0.327 e. The van der Waals surface area contributed by atoms with Crippen molar-refractivity contribution in [3.05, 3.63) is 39.0 Å². The van der Waals surface area contributed by atoms with Crippen LogP contribution in [0.25, 0.3) is 22.6 Å². The van der Waals surface area contributed by atoms with Gasteiger partial charge in [0.15, 0.2) is 5.65 Å². The highest BCUT2D eigenvalue weighted by atomic mass is 32.2. The van der Waals surface area contributed by atoms with Crippen LogP contribution in [-0.4, -0.2) is 42.5 Å². The smallest absolute Gasteiger partial charge is 0.327 e. The molecule has 0 bridgehead atoms. The summed E-state index contributed by atoms with van der Waals surface area (Å²) in [5.41, 5.74) is -0.663. The highest BCUT2D eigenvalue weighted by molar-refractivity contribution is 7.89. The second kappa shape index (κ2) is 5.62. The third-order valence-corrected chi connectivity index (χ3v) is 4.81. The number of aromatic nitrogens is 4. The van der Waals surface area contributed by atoms with Gasteiger partial charge in [-0.2, -0.15) is 0 Å². The minimum Gasteiger partial charge on any atom is -0.496 e. The number of benzene rings is 1. The first-order valence-electron chi connectivity index (χ1n) is 6.70. The van der Waals surface area contributed by atoms with E-state index in [1.54, 1.807) is 0 Å².